The average Bonchev–Trinajstić information content (AvgIpc) is 2.64. The van der Waals surface area contributed by atoms with Crippen LogP contribution in [-0.4, -0.2) is 24.7 Å². The molecule has 1 aliphatic carbocycles. The first kappa shape index (κ1) is 12.9. The smallest absolute Gasteiger partial charge is 0.323 e. The monoisotopic (exact) mass is 239 g/mol. The average molecular weight is 239 g/mol. The molecule has 3 heteroatoms. The molecular formula is C14H25NO2. The lowest BCUT2D eigenvalue weighted by Gasteiger charge is -2.38. The van der Waals surface area contributed by atoms with Crippen molar-refractivity contribution < 1.29 is 9.53 Å². The molecule has 0 aromatic carbocycles. The Balaban J connectivity index is 1.97. The van der Waals surface area contributed by atoms with Crippen LogP contribution in [0, 0.1) is 17.8 Å². The third kappa shape index (κ3) is 3.01. The van der Waals surface area contributed by atoms with Crippen molar-refractivity contribution in [2.75, 3.05) is 6.61 Å². The normalized spacial score (nSPS) is 38.5. The number of hydrogen-bond donors (Lipinski definition) is 1. The topological polar surface area (TPSA) is 38.3 Å². The Hall–Kier alpha value is -0.570. The van der Waals surface area contributed by atoms with Crippen LogP contribution in [-0.2, 0) is 9.53 Å². The zero-order valence-corrected chi connectivity index (χ0v) is 11.2. The lowest BCUT2D eigenvalue weighted by Crippen LogP contribution is -2.48. The molecule has 2 aliphatic rings. The molecule has 0 amide bonds. The minimum Gasteiger partial charge on any atom is -0.464 e. The summed E-state index contributed by atoms with van der Waals surface area (Å²) in [7, 11) is 0. The Morgan fingerprint density at radius 1 is 1.29 bits per heavy atom. The van der Waals surface area contributed by atoms with Gasteiger partial charge in [-0.25, -0.2) is 0 Å². The molecule has 1 N–H and O–H groups in total. The Labute approximate surface area is 104 Å². The number of carbonyl (C=O) groups excluding carboxylic acids is 1. The number of carbonyl (C=O) groups is 1. The molecule has 0 radical (unpaired) electrons. The molecule has 1 saturated carbocycles. The van der Waals surface area contributed by atoms with Crippen molar-refractivity contribution in [1.29, 1.82) is 0 Å². The van der Waals surface area contributed by atoms with E-state index in [-0.39, 0.29) is 12.0 Å². The molecule has 1 aliphatic heterocycles. The first-order valence-corrected chi connectivity index (χ1v) is 7.00. The second-order valence-electron chi connectivity index (χ2n) is 6.11. The SMILES string of the molecule is CC1CCC(C(C)C)C(NC2CCOC2=O)C1. The summed E-state index contributed by atoms with van der Waals surface area (Å²) in [5.74, 6) is 2.13. The van der Waals surface area contributed by atoms with Crippen LogP contribution in [0.5, 0.6) is 0 Å². The first-order valence-electron chi connectivity index (χ1n) is 7.00. The summed E-state index contributed by atoms with van der Waals surface area (Å²) >= 11 is 0. The Morgan fingerprint density at radius 2 is 2.06 bits per heavy atom. The summed E-state index contributed by atoms with van der Waals surface area (Å²) in [4.78, 5) is 11.5. The molecule has 2 rings (SSSR count). The molecular weight excluding hydrogens is 214 g/mol. The fourth-order valence-electron chi connectivity index (χ4n) is 3.30. The fraction of sp³-hybridized carbons (Fsp3) is 0.929. The summed E-state index contributed by atoms with van der Waals surface area (Å²) in [6.07, 6.45) is 4.66. The van der Waals surface area contributed by atoms with Gasteiger partial charge in [-0.3, -0.25) is 4.79 Å². The maximum atomic E-state index is 11.5. The Morgan fingerprint density at radius 3 is 2.65 bits per heavy atom. The molecule has 98 valence electrons. The van der Waals surface area contributed by atoms with Gasteiger partial charge in [0.05, 0.1) is 6.61 Å². The van der Waals surface area contributed by atoms with Gasteiger partial charge in [0.25, 0.3) is 0 Å². The lowest BCUT2D eigenvalue weighted by molar-refractivity contribution is -0.140. The van der Waals surface area contributed by atoms with Crippen LogP contribution in [0.3, 0.4) is 0 Å². The van der Waals surface area contributed by atoms with Crippen molar-refractivity contribution in [2.45, 2.75) is 58.5 Å². The number of ether oxygens (including phenoxy) is 1. The van der Waals surface area contributed by atoms with Crippen molar-refractivity contribution >= 4 is 5.97 Å². The molecule has 0 spiro atoms. The summed E-state index contributed by atoms with van der Waals surface area (Å²) in [5, 5.41) is 3.55. The molecule has 17 heavy (non-hydrogen) atoms. The largest absolute Gasteiger partial charge is 0.464 e. The van der Waals surface area contributed by atoms with Gasteiger partial charge >= 0.3 is 5.97 Å². The van der Waals surface area contributed by atoms with Crippen LogP contribution in [0.15, 0.2) is 0 Å². The van der Waals surface area contributed by atoms with Gasteiger partial charge in [-0.05, 0) is 30.6 Å². The van der Waals surface area contributed by atoms with Crippen LogP contribution in [0.25, 0.3) is 0 Å². The Kier molecular flexibility index (Phi) is 4.08. The molecule has 1 saturated heterocycles. The number of hydrogen-bond acceptors (Lipinski definition) is 3. The number of rotatable bonds is 3. The van der Waals surface area contributed by atoms with Crippen molar-refractivity contribution in [1.82, 2.24) is 5.32 Å². The van der Waals surface area contributed by atoms with Crippen LogP contribution >= 0.6 is 0 Å². The van der Waals surface area contributed by atoms with Crippen molar-refractivity contribution in [3.8, 4) is 0 Å². The highest BCUT2D eigenvalue weighted by Crippen LogP contribution is 2.34. The molecule has 0 aromatic rings. The van der Waals surface area contributed by atoms with Gasteiger partial charge < -0.3 is 10.1 Å². The third-order valence-electron chi connectivity index (χ3n) is 4.37. The zero-order valence-electron chi connectivity index (χ0n) is 11.2. The molecule has 3 nitrogen and oxygen atoms in total. The van der Waals surface area contributed by atoms with E-state index in [2.05, 4.69) is 26.1 Å². The van der Waals surface area contributed by atoms with E-state index in [1.54, 1.807) is 0 Å². The maximum Gasteiger partial charge on any atom is 0.323 e. The zero-order chi connectivity index (χ0) is 12.4. The first-order chi connectivity index (χ1) is 8.08. The van der Waals surface area contributed by atoms with Gasteiger partial charge in [-0.2, -0.15) is 0 Å². The lowest BCUT2D eigenvalue weighted by atomic mass is 9.74. The second-order valence-corrected chi connectivity index (χ2v) is 6.11. The van der Waals surface area contributed by atoms with E-state index in [1.165, 1.54) is 19.3 Å². The summed E-state index contributed by atoms with van der Waals surface area (Å²) in [6.45, 7) is 7.49. The minimum absolute atomic E-state index is 0.0495. The molecule has 2 fully saturated rings. The van der Waals surface area contributed by atoms with Crippen LogP contribution in [0.1, 0.15) is 46.5 Å². The van der Waals surface area contributed by atoms with E-state index in [4.69, 9.17) is 4.74 Å². The summed E-state index contributed by atoms with van der Waals surface area (Å²) < 4.78 is 5.03. The van der Waals surface area contributed by atoms with E-state index < -0.39 is 0 Å². The standard InChI is InChI=1S/C14H25NO2/c1-9(2)11-5-4-10(3)8-13(11)15-12-6-7-17-14(12)16/h9-13,15H,4-8H2,1-3H3. The van der Waals surface area contributed by atoms with E-state index in [1.807, 2.05) is 0 Å². The summed E-state index contributed by atoms with van der Waals surface area (Å²) in [5.41, 5.74) is 0. The van der Waals surface area contributed by atoms with E-state index >= 15 is 0 Å². The highest BCUT2D eigenvalue weighted by atomic mass is 16.5. The van der Waals surface area contributed by atoms with Crippen LogP contribution in [0.2, 0.25) is 0 Å². The van der Waals surface area contributed by atoms with E-state index in [0.29, 0.717) is 24.5 Å². The molecule has 1 heterocycles. The fourth-order valence-corrected chi connectivity index (χ4v) is 3.30. The van der Waals surface area contributed by atoms with Gasteiger partial charge in [-0.1, -0.05) is 27.2 Å². The third-order valence-corrected chi connectivity index (χ3v) is 4.37. The highest BCUT2D eigenvalue weighted by molar-refractivity contribution is 5.77. The van der Waals surface area contributed by atoms with Gasteiger partial charge in [0, 0.05) is 12.5 Å². The highest BCUT2D eigenvalue weighted by Gasteiger charge is 2.35. The minimum atomic E-state index is -0.0502. The molecule has 4 atom stereocenters. The van der Waals surface area contributed by atoms with Crippen molar-refractivity contribution in [3.63, 3.8) is 0 Å². The van der Waals surface area contributed by atoms with Gasteiger partial charge in [0.2, 0.25) is 0 Å². The van der Waals surface area contributed by atoms with Crippen LogP contribution in [0.4, 0.5) is 0 Å². The number of esters is 1. The van der Waals surface area contributed by atoms with Gasteiger partial charge in [-0.15, -0.1) is 0 Å². The Bertz CT molecular complexity index is 277. The number of nitrogens with one attached hydrogen (secondary N) is 1. The quantitative estimate of drug-likeness (QED) is 0.768. The van der Waals surface area contributed by atoms with Crippen molar-refractivity contribution in [2.24, 2.45) is 17.8 Å². The summed E-state index contributed by atoms with van der Waals surface area (Å²) in [6, 6.07) is 0.445. The van der Waals surface area contributed by atoms with Gasteiger partial charge in [0.1, 0.15) is 6.04 Å². The second kappa shape index (κ2) is 5.38. The van der Waals surface area contributed by atoms with E-state index in [9.17, 15) is 4.79 Å². The van der Waals surface area contributed by atoms with Gasteiger partial charge in [0.15, 0.2) is 0 Å². The van der Waals surface area contributed by atoms with Crippen molar-refractivity contribution in [3.05, 3.63) is 0 Å². The predicted octanol–water partition coefficient (Wildman–Crippen LogP) is 2.35. The predicted molar refractivity (Wildman–Crippen MR) is 67.6 cm³/mol. The molecule has 0 bridgehead atoms. The van der Waals surface area contributed by atoms with Crippen LogP contribution < -0.4 is 5.32 Å². The molecule has 0 aromatic heterocycles. The molecule has 4 unspecified atom stereocenters. The van der Waals surface area contributed by atoms with E-state index in [0.717, 1.165) is 12.3 Å². The maximum absolute atomic E-state index is 11.5. The number of cyclic esters (lactones) is 1.